The first-order valence-electron chi connectivity index (χ1n) is 8.90. The summed E-state index contributed by atoms with van der Waals surface area (Å²) in [5, 5.41) is 10.1. The minimum Gasteiger partial charge on any atom is -0.494 e. The number of imidazole rings is 1. The van der Waals surface area contributed by atoms with Gasteiger partial charge in [0.1, 0.15) is 11.4 Å². The molecule has 0 aliphatic rings. The summed E-state index contributed by atoms with van der Waals surface area (Å²) in [6, 6.07) is 18.1. The summed E-state index contributed by atoms with van der Waals surface area (Å²) in [5.41, 5.74) is 7.62. The Bertz CT molecular complexity index is 877. The Morgan fingerprint density at radius 1 is 1.15 bits per heavy atom. The van der Waals surface area contributed by atoms with E-state index in [0.717, 1.165) is 16.9 Å². The molecule has 1 heterocycles. The van der Waals surface area contributed by atoms with Crippen molar-refractivity contribution in [1.82, 2.24) is 9.55 Å². The third kappa shape index (κ3) is 5.43. The van der Waals surface area contributed by atoms with E-state index in [2.05, 4.69) is 23.2 Å². The highest BCUT2D eigenvalue weighted by Gasteiger charge is 2.09. The molecule has 0 aliphatic carbocycles. The van der Waals surface area contributed by atoms with Crippen LogP contribution in [0.5, 0.6) is 5.75 Å². The second-order valence-electron chi connectivity index (χ2n) is 6.36. The molecule has 27 heavy (non-hydrogen) atoms. The van der Waals surface area contributed by atoms with Gasteiger partial charge in [0, 0.05) is 12.7 Å². The first-order chi connectivity index (χ1) is 13.1. The number of aliphatic hydroxyl groups excluding tert-OH is 1. The van der Waals surface area contributed by atoms with Crippen LogP contribution in [0.4, 0.5) is 0 Å². The van der Waals surface area contributed by atoms with Gasteiger partial charge in [-0.15, -0.1) is 0 Å². The predicted octanol–water partition coefficient (Wildman–Crippen LogP) is 2.87. The Balaban J connectivity index is 1.44. The molecule has 3 aromatic rings. The summed E-state index contributed by atoms with van der Waals surface area (Å²) < 4.78 is 7.47. The van der Waals surface area contributed by atoms with Crippen molar-refractivity contribution in [2.75, 3.05) is 6.61 Å². The highest BCUT2D eigenvalue weighted by Crippen LogP contribution is 2.23. The summed E-state index contributed by atoms with van der Waals surface area (Å²) in [6.07, 6.45) is 3.79. The van der Waals surface area contributed by atoms with E-state index in [4.69, 9.17) is 10.5 Å². The highest BCUT2D eigenvalue weighted by molar-refractivity contribution is 5.90. The van der Waals surface area contributed by atoms with Crippen LogP contribution < -0.4 is 10.5 Å². The SMILES string of the molecule is NC(=O)c1cn(C[C@@H](O)CCCOc2cccc(-c3ccccc3)c2)cn1. The van der Waals surface area contributed by atoms with Crippen LogP contribution >= 0.6 is 0 Å². The zero-order valence-corrected chi connectivity index (χ0v) is 15.0. The number of amides is 1. The van der Waals surface area contributed by atoms with Crippen molar-refractivity contribution in [3.63, 3.8) is 0 Å². The van der Waals surface area contributed by atoms with Crippen molar-refractivity contribution in [3.05, 3.63) is 72.8 Å². The van der Waals surface area contributed by atoms with Gasteiger partial charge in [0.15, 0.2) is 0 Å². The molecule has 0 saturated heterocycles. The van der Waals surface area contributed by atoms with Crippen LogP contribution in [-0.2, 0) is 6.54 Å². The van der Waals surface area contributed by atoms with E-state index in [9.17, 15) is 9.90 Å². The smallest absolute Gasteiger partial charge is 0.268 e. The van der Waals surface area contributed by atoms with Crippen LogP contribution in [0.3, 0.4) is 0 Å². The lowest BCUT2D eigenvalue weighted by molar-refractivity contribution is 0.0995. The van der Waals surface area contributed by atoms with Crippen LogP contribution in [-0.4, -0.2) is 33.3 Å². The molecule has 140 valence electrons. The van der Waals surface area contributed by atoms with Gasteiger partial charge < -0.3 is 20.1 Å². The standard InChI is InChI=1S/C21H23N3O3/c22-21(26)20-14-24(15-23-20)13-18(25)9-5-11-27-19-10-4-8-17(12-19)16-6-2-1-3-7-16/h1-4,6-8,10,12,14-15,18,25H,5,9,11,13H2,(H2,22,26)/t18-/m0/s1. The summed E-state index contributed by atoms with van der Waals surface area (Å²) in [5.74, 6) is 0.237. The third-order valence-electron chi connectivity index (χ3n) is 4.20. The Morgan fingerprint density at radius 2 is 1.93 bits per heavy atom. The summed E-state index contributed by atoms with van der Waals surface area (Å²) in [4.78, 5) is 14.9. The van der Waals surface area contributed by atoms with Crippen LogP contribution in [0.15, 0.2) is 67.1 Å². The maximum Gasteiger partial charge on any atom is 0.268 e. The number of aliphatic hydroxyl groups is 1. The molecule has 1 atom stereocenters. The lowest BCUT2D eigenvalue weighted by Gasteiger charge is -2.12. The molecule has 3 rings (SSSR count). The van der Waals surface area contributed by atoms with Gasteiger partial charge in [-0.25, -0.2) is 4.98 Å². The van der Waals surface area contributed by atoms with Crippen molar-refractivity contribution >= 4 is 5.91 Å². The molecule has 6 nitrogen and oxygen atoms in total. The number of nitrogens with zero attached hydrogens (tertiary/aromatic N) is 2. The fourth-order valence-corrected chi connectivity index (χ4v) is 2.83. The average Bonchev–Trinajstić information content (AvgIpc) is 3.15. The maximum absolute atomic E-state index is 11.0. The number of aromatic nitrogens is 2. The number of benzene rings is 2. The van der Waals surface area contributed by atoms with E-state index in [-0.39, 0.29) is 5.69 Å². The number of carbonyl (C=O) groups excluding carboxylic acids is 1. The normalized spacial score (nSPS) is 11.9. The van der Waals surface area contributed by atoms with Gasteiger partial charge in [-0.2, -0.15) is 0 Å². The Morgan fingerprint density at radius 3 is 2.67 bits per heavy atom. The minimum atomic E-state index is -0.575. The van der Waals surface area contributed by atoms with E-state index in [1.165, 1.54) is 12.5 Å². The number of rotatable bonds is 9. The van der Waals surface area contributed by atoms with E-state index >= 15 is 0 Å². The number of ether oxygens (including phenoxy) is 1. The summed E-state index contributed by atoms with van der Waals surface area (Å²) in [7, 11) is 0. The quantitative estimate of drug-likeness (QED) is 0.571. The average molecular weight is 365 g/mol. The van der Waals surface area contributed by atoms with Crippen LogP contribution in [0, 0.1) is 0 Å². The lowest BCUT2D eigenvalue weighted by atomic mass is 10.1. The van der Waals surface area contributed by atoms with E-state index in [1.807, 2.05) is 36.4 Å². The van der Waals surface area contributed by atoms with Gasteiger partial charge in [-0.05, 0) is 36.1 Å². The Hall–Kier alpha value is -3.12. The van der Waals surface area contributed by atoms with Gasteiger partial charge in [-0.3, -0.25) is 4.79 Å². The third-order valence-corrected chi connectivity index (χ3v) is 4.20. The Labute approximate surface area is 158 Å². The van der Waals surface area contributed by atoms with E-state index < -0.39 is 12.0 Å². The van der Waals surface area contributed by atoms with Gasteiger partial charge in [0.05, 0.1) is 19.0 Å². The molecule has 0 aliphatic heterocycles. The molecule has 0 radical (unpaired) electrons. The van der Waals surface area contributed by atoms with Crippen LogP contribution in [0.1, 0.15) is 23.3 Å². The van der Waals surface area contributed by atoms with Crippen molar-refractivity contribution in [1.29, 1.82) is 0 Å². The number of carbonyl (C=O) groups is 1. The first kappa shape index (κ1) is 18.7. The van der Waals surface area contributed by atoms with Gasteiger partial charge in [-0.1, -0.05) is 42.5 Å². The molecule has 1 aromatic heterocycles. The fraction of sp³-hybridized carbons (Fsp3) is 0.238. The molecule has 0 saturated carbocycles. The first-order valence-corrected chi connectivity index (χ1v) is 8.90. The molecule has 0 unspecified atom stereocenters. The Kier molecular flexibility index (Phi) is 6.22. The number of hydrogen-bond donors (Lipinski definition) is 2. The molecular weight excluding hydrogens is 342 g/mol. The van der Waals surface area contributed by atoms with E-state index in [0.29, 0.717) is 26.0 Å². The minimum absolute atomic E-state index is 0.198. The monoisotopic (exact) mass is 365 g/mol. The predicted molar refractivity (Wildman–Crippen MR) is 103 cm³/mol. The van der Waals surface area contributed by atoms with Crippen molar-refractivity contribution < 1.29 is 14.6 Å². The zero-order valence-electron chi connectivity index (χ0n) is 15.0. The van der Waals surface area contributed by atoms with Crippen molar-refractivity contribution in [3.8, 4) is 16.9 Å². The second-order valence-corrected chi connectivity index (χ2v) is 6.36. The van der Waals surface area contributed by atoms with Gasteiger partial charge >= 0.3 is 0 Å². The molecular formula is C21H23N3O3. The summed E-state index contributed by atoms with van der Waals surface area (Å²) >= 11 is 0. The molecule has 0 spiro atoms. The van der Waals surface area contributed by atoms with Crippen molar-refractivity contribution in [2.24, 2.45) is 5.73 Å². The second kappa shape index (κ2) is 9.00. The zero-order chi connectivity index (χ0) is 19.1. The topological polar surface area (TPSA) is 90.4 Å². The molecule has 6 heteroatoms. The number of nitrogens with two attached hydrogens (primary N) is 1. The number of hydrogen-bond acceptors (Lipinski definition) is 4. The molecule has 1 amide bonds. The summed E-state index contributed by atoms with van der Waals surface area (Å²) in [6.45, 7) is 0.884. The lowest BCUT2D eigenvalue weighted by Crippen LogP contribution is -2.16. The number of primary amides is 1. The van der Waals surface area contributed by atoms with Crippen LogP contribution in [0.25, 0.3) is 11.1 Å². The molecule has 0 fully saturated rings. The molecule has 0 bridgehead atoms. The fourth-order valence-electron chi connectivity index (χ4n) is 2.83. The van der Waals surface area contributed by atoms with E-state index in [1.54, 1.807) is 4.57 Å². The largest absolute Gasteiger partial charge is 0.494 e. The van der Waals surface area contributed by atoms with Gasteiger partial charge in [0.2, 0.25) is 0 Å². The van der Waals surface area contributed by atoms with Gasteiger partial charge in [0.25, 0.3) is 5.91 Å². The van der Waals surface area contributed by atoms with Crippen LogP contribution in [0.2, 0.25) is 0 Å². The highest BCUT2D eigenvalue weighted by atomic mass is 16.5. The molecule has 3 N–H and O–H groups in total. The van der Waals surface area contributed by atoms with Crippen molar-refractivity contribution in [2.45, 2.75) is 25.5 Å². The maximum atomic E-state index is 11.0. The molecule has 2 aromatic carbocycles.